The van der Waals surface area contributed by atoms with Gasteiger partial charge in [-0.3, -0.25) is 4.79 Å². The Morgan fingerprint density at radius 3 is 2.75 bits per heavy atom. The smallest absolute Gasteiger partial charge is 0.347 e. The van der Waals surface area contributed by atoms with Crippen molar-refractivity contribution in [2.24, 2.45) is 0 Å². The zero-order valence-electron chi connectivity index (χ0n) is 11.7. The summed E-state index contributed by atoms with van der Waals surface area (Å²) in [6.07, 6.45) is 2.98. The summed E-state index contributed by atoms with van der Waals surface area (Å²) in [5.74, 6) is -0.275. The molecule has 102 valence electrons. The topological polar surface area (TPSA) is 51.7 Å². The maximum atomic E-state index is 11.8. The second-order valence-electron chi connectivity index (χ2n) is 4.98. The van der Waals surface area contributed by atoms with Gasteiger partial charge in [0, 0.05) is 11.6 Å². The van der Waals surface area contributed by atoms with Gasteiger partial charge >= 0.3 is 5.63 Å². The van der Waals surface area contributed by atoms with Crippen molar-refractivity contribution >= 4 is 22.3 Å². The van der Waals surface area contributed by atoms with Crippen LogP contribution in [0, 0.1) is 6.92 Å². The number of rotatable bonds is 2. The number of fused-ring (bicyclic) bond motifs is 3. The first-order valence-electron chi connectivity index (χ1n) is 6.61. The Hall–Kier alpha value is -2.36. The van der Waals surface area contributed by atoms with Crippen molar-refractivity contribution in [3.63, 3.8) is 0 Å². The van der Waals surface area contributed by atoms with Crippen LogP contribution in [0.3, 0.4) is 0 Å². The van der Waals surface area contributed by atoms with Crippen LogP contribution in [0.4, 0.5) is 0 Å². The lowest BCUT2D eigenvalue weighted by molar-refractivity contribution is 0.101. The number of hydrogen-bond acceptors (Lipinski definition) is 3. The Balaban J connectivity index is 2.49. The first-order chi connectivity index (χ1) is 9.52. The van der Waals surface area contributed by atoms with E-state index in [1.54, 1.807) is 6.07 Å². The van der Waals surface area contributed by atoms with Crippen LogP contribution < -0.4 is 5.63 Å². The monoisotopic (exact) mass is 269 g/mol. The van der Waals surface area contributed by atoms with Gasteiger partial charge in [0.05, 0.1) is 11.2 Å². The number of aryl methyl sites for hydroxylation is 2. The standard InChI is InChI=1S/C16H15NO3/c1-4-11-5-6-14-13-7-12(10(3)18)16(19)20-15(13)9(2)17(14)8-11/h5-8H,4H2,1-3H3. The molecule has 0 N–H and O–H groups in total. The summed E-state index contributed by atoms with van der Waals surface area (Å²) in [5, 5.41) is 0.801. The van der Waals surface area contributed by atoms with E-state index in [1.807, 2.05) is 29.7 Å². The fourth-order valence-corrected chi connectivity index (χ4v) is 2.54. The maximum absolute atomic E-state index is 11.8. The summed E-state index contributed by atoms with van der Waals surface area (Å²) in [5.41, 5.74) is 3.10. The molecule has 3 aromatic rings. The summed E-state index contributed by atoms with van der Waals surface area (Å²) in [6, 6.07) is 5.68. The molecule has 20 heavy (non-hydrogen) atoms. The van der Waals surface area contributed by atoms with Crippen LogP contribution >= 0.6 is 0 Å². The van der Waals surface area contributed by atoms with Gasteiger partial charge < -0.3 is 8.82 Å². The van der Waals surface area contributed by atoms with Crippen LogP contribution in [-0.2, 0) is 6.42 Å². The fraction of sp³-hybridized carbons (Fsp3) is 0.250. The fourth-order valence-electron chi connectivity index (χ4n) is 2.54. The van der Waals surface area contributed by atoms with Crippen LogP contribution in [0.15, 0.2) is 33.6 Å². The highest BCUT2D eigenvalue weighted by atomic mass is 16.4. The van der Waals surface area contributed by atoms with E-state index in [-0.39, 0.29) is 11.3 Å². The van der Waals surface area contributed by atoms with E-state index in [9.17, 15) is 9.59 Å². The number of nitrogens with zero attached hydrogens (tertiary/aromatic N) is 1. The Bertz CT molecular complexity index is 899. The third-order valence-electron chi connectivity index (χ3n) is 3.71. The maximum Gasteiger partial charge on any atom is 0.347 e. The summed E-state index contributed by atoms with van der Waals surface area (Å²) >= 11 is 0. The minimum atomic E-state index is -0.570. The van der Waals surface area contributed by atoms with Crippen molar-refractivity contribution in [3.8, 4) is 0 Å². The molecule has 0 aliphatic carbocycles. The minimum Gasteiger partial charge on any atom is -0.420 e. The average molecular weight is 269 g/mol. The van der Waals surface area contributed by atoms with Crippen LogP contribution in [0.2, 0.25) is 0 Å². The average Bonchev–Trinajstić information content (AvgIpc) is 2.70. The van der Waals surface area contributed by atoms with Crippen molar-refractivity contribution in [2.75, 3.05) is 0 Å². The summed E-state index contributed by atoms with van der Waals surface area (Å²) < 4.78 is 7.36. The third kappa shape index (κ3) is 1.68. The number of carbonyl (C=O) groups is 1. The first kappa shape index (κ1) is 12.7. The van der Waals surface area contributed by atoms with Crippen LogP contribution in [-0.4, -0.2) is 10.2 Å². The van der Waals surface area contributed by atoms with E-state index in [4.69, 9.17) is 4.42 Å². The molecule has 0 radical (unpaired) electrons. The van der Waals surface area contributed by atoms with E-state index in [0.717, 1.165) is 23.0 Å². The molecule has 0 bridgehead atoms. The molecule has 0 fully saturated rings. The molecule has 3 aromatic heterocycles. The molecular weight excluding hydrogens is 254 g/mol. The third-order valence-corrected chi connectivity index (χ3v) is 3.71. The van der Waals surface area contributed by atoms with Crippen LogP contribution in [0.5, 0.6) is 0 Å². The van der Waals surface area contributed by atoms with E-state index in [2.05, 4.69) is 6.92 Å². The first-order valence-corrected chi connectivity index (χ1v) is 6.61. The SMILES string of the molecule is CCc1ccc2c3cc(C(C)=O)c(=O)oc3c(C)n2c1. The normalized spacial score (nSPS) is 11.3. The zero-order valence-corrected chi connectivity index (χ0v) is 11.7. The van der Waals surface area contributed by atoms with Crippen LogP contribution in [0.1, 0.15) is 35.5 Å². The molecule has 0 unspecified atom stereocenters. The van der Waals surface area contributed by atoms with Gasteiger partial charge in [0.25, 0.3) is 0 Å². The molecule has 0 aliphatic heterocycles. The van der Waals surface area contributed by atoms with E-state index in [1.165, 1.54) is 12.5 Å². The number of aromatic nitrogens is 1. The Morgan fingerprint density at radius 1 is 1.35 bits per heavy atom. The molecule has 4 heteroatoms. The molecule has 3 heterocycles. The van der Waals surface area contributed by atoms with Crippen LogP contribution in [0.25, 0.3) is 16.5 Å². The van der Waals surface area contributed by atoms with Gasteiger partial charge in [0.15, 0.2) is 11.4 Å². The van der Waals surface area contributed by atoms with Crippen molar-refractivity contribution in [2.45, 2.75) is 27.2 Å². The number of pyridine rings is 1. The highest BCUT2D eigenvalue weighted by Crippen LogP contribution is 2.26. The molecule has 3 rings (SSSR count). The van der Waals surface area contributed by atoms with Gasteiger partial charge in [-0.05, 0) is 38.0 Å². The molecule has 0 amide bonds. The van der Waals surface area contributed by atoms with Gasteiger partial charge in [-0.25, -0.2) is 4.79 Å². The van der Waals surface area contributed by atoms with Gasteiger partial charge in [-0.15, -0.1) is 0 Å². The highest BCUT2D eigenvalue weighted by Gasteiger charge is 2.16. The summed E-state index contributed by atoms with van der Waals surface area (Å²) in [6.45, 7) is 5.37. The Morgan fingerprint density at radius 2 is 2.10 bits per heavy atom. The minimum absolute atomic E-state index is 0.101. The van der Waals surface area contributed by atoms with Crippen molar-refractivity contribution in [3.05, 3.63) is 51.6 Å². The van der Waals surface area contributed by atoms with E-state index < -0.39 is 5.63 Å². The van der Waals surface area contributed by atoms with Gasteiger partial charge in [0.1, 0.15) is 5.56 Å². The van der Waals surface area contributed by atoms with E-state index in [0.29, 0.717) is 5.58 Å². The summed E-state index contributed by atoms with van der Waals surface area (Å²) in [7, 11) is 0. The number of carbonyl (C=O) groups excluding carboxylic acids is 1. The predicted molar refractivity (Wildman–Crippen MR) is 77.6 cm³/mol. The molecule has 0 aromatic carbocycles. The molecule has 0 atom stereocenters. The molecule has 0 saturated carbocycles. The highest BCUT2D eigenvalue weighted by molar-refractivity contribution is 6.02. The van der Waals surface area contributed by atoms with Gasteiger partial charge in [-0.1, -0.05) is 13.0 Å². The Labute approximate surface area is 115 Å². The van der Waals surface area contributed by atoms with Crippen molar-refractivity contribution < 1.29 is 9.21 Å². The second-order valence-corrected chi connectivity index (χ2v) is 4.98. The molecule has 0 aliphatic rings. The largest absolute Gasteiger partial charge is 0.420 e. The molecule has 0 spiro atoms. The zero-order chi connectivity index (χ0) is 14.4. The molecule has 0 saturated heterocycles. The molecule has 4 nitrogen and oxygen atoms in total. The van der Waals surface area contributed by atoms with Crippen molar-refractivity contribution in [1.82, 2.24) is 4.40 Å². The number of Topliss-reactive ketones (excluding diaryl/α,β-unsaturated/α-hetero) is 1. The Kier molecular flexibility index (Phi) is 2.74. The van der Waals surface area contributed by atoms with E-state index >= 15 is 0 Å². The quantitative estimate of drug-likeness (QED) is 0.672. The number of hydrogen-bond donors (Lipinski definition) is 0. The second kappa shape index (κ2) is 4.34. The molecular formula is C16H15NO3. The summed E-state index contributed by atoms with van der Waals surface area (Å²) in [4.78, 5) is 23.3. The van der Waals surface area contributed by atoms with Crippen molar-refractivity contribution in [1.29, 1.82) is 0 Å². The predicted octanol–water partition coefficient (Wildman–Crippen LogP) is 3.12. The lowest BCUT2D eigenvalue weighted by atomic mass is 10.1. The number of ketones is 1. The van der Waals surface area contributed by atoms with Gasteiger partial charge in [-0.2, -0.15) is 0 Å². The lowest BCUT2D eigenvalue weighted by Gasteiger charge is -2.00. The van der Waals surface area contributed by atoms with Gasteiger partial charge in [0.2, 0.25) is 0 Å². The lowest BCUT2D eigenvalue weighted by Crippen LogP contribution is -2.10.